The molecule has 0 aliphatic heterocycles. The van der Waals surface area contributed by atoms with Gasteiger partial charge in [0.15, 0.2) is 21.5 Å². The fraction of sp³-hybridized carbons (Fsp3) is 0.538. The molecule has 0 heterocycles. The zero-order chi connectivity index (χ0) is 14.5. The molecule has 0 saturated carbocycles. The quantitative estimate of drug-likeness (QED) is 0.785. The van der Waals surface area contributed by atoms with Crippen molar-refractivity contribution < 1.29 is 17.2 Å². The zero-order valence-corrected chi connectivity index (χ0v) is 11.9. The Morgan fingerprint density at radius 3 is 2.42 bits per heavy atom. The van der Waals surface area contributed by atoms with Gasteiger partial charge in [0.25, 0.3) is 0 Å². The van der Waals surface area contributed by atoms with Gasteiger partial charge in [0.05, 0.1) is 10.6 Å². The molecule has 0 fully saturated rings. The van der Waals surface area contributed by atoms with Crippen LogP contribution in [-0.2, 0) is 9.84 Å². The van der Waals surface area contributed by atoms with Gasteiger partial charge in [0.2, 0.25) is 0 Å². The maximum Gasteiger partial charge on any atom is 0.180 e. The standard InChI is InChI=1S/C13H19F2NO2S/c1-3-5-10(16-4-2)9-19(17,18)11-6-7-12(14)13(15)8-11/h6-8,10,16H,3-5,9H2,1-2H3. The van der Waals surface area contributed by atoms with Gasteiger partial charge in [0.1, 0.15) is 0 Å². The van der Waals surface area contributed by atoms with Gasteiger partial charge in [-0.1, -0.05) is 20.3 Å². The van der Waals surface area contributed by atoms with E-state index < -0.39 is 21.5 Å². The normalized spacial score (nSPS) is 13.5. The lowest BCUT2D eigenvalue weighted by atomic mass is 10.2. The SMILES string of the molecule is CCCC(CS(=O)(=O)c1ccc(F)c(F)c1)NCC. The van der Waals surface area contributed by atoms with Crippen LogP contribution in [0.1, 0.15) is 26.7 Å². The fourth-order valence-corrected chi connectivity index (χ4v) is 3.48. The van der Waals surface area contributed by atoms with E-state index in [9.17, 15) is 17.2 Å². The Morgan fingerprint density at radius 2 is 1.89 bits per heavy atom. The second-order valence-corrected chi connectivity index (χ2v) is 6.43. The van der Waals surface area contributed by atoms with E-state index in [1.807, 2.05) is 13.8 Å². The molecule has 6 heteroatoms. The molecular formula is C13H19F2NO2S. The predicted molar refractivity (Wildman–Crippen MR) is 70.8 cm³/mol. The number of hydrogen-bond donors (Lipinski definition) is 1. The summed E-state index contributed by atoms with van der Waals surface area (Å²) in [7, 11) is -3.61. The van der Waals surface area contributed by atoms with Crippen LogP contribution in [0.2, 0.25) is 0 Å². The molecule has 0 aromatic heterocycles. The maximum atomic E-state index is 13.1. The van der Waals surface area contributed by atoms with Crippen LogP contribution in [0.25, 0.3) is 0 Å². The molecule has 0 bridgehead atoms. The van der Waals surface area contributed by atoms with Gasteiger partial charge in [-0.05, 0) is 31.2 Å². The lowest BCUT2D eigenvalue weighted by Crippen LogP contribution is -2.35. The summed E-state index contributed by atoms with van der Waals surface area (Å²) in [5.74, 6) is -2.30. The molecule has 0 aliphatic rings. The highest BCUT2D eigenvalue weighted by atomic mass is 32.2. The molecule has 3 nitrogen and oxygen atoms in total. The largest absolute Gasteiger partial charge is 0.313 e. The number of hydrogen-bond acceptors (Lipinski definition) is 3. The molecule has 0 aliphatic carbocycles. The topological polar surface area (TPSA) is 46.2 Å². The number of rotatable bonds is 7. The molecule has 1 N–H and O–H groups in total. The van der Waals surface area contributed by atoms with Crippen molar-refractivity contribution in [1.82, 2.24) is 5.32 Å². The molecule has 1 unspecified atom stereocenters. The second kappa shape index (κ2) is 6.96. The van der Waals surface area contributed by atoms with Gasteiger partial charge < -0.3 is 5.32 Å². The van der Waals surface area contributed by atoms with Gasteiger partial charge >= 0.3 is 0 Å². The van der Waals surface area contributed by atoms with Gasteiger partial charge in [0, 0.05) is 6.04 Å². The minimum absolute atomic E-state index is 0.111. The Morgan fingerprint density at radius 1 is 1.21 bits per heavy atom. The Bertz CT molecular complexity index is 511. The number of benzene rings is 1. The van der Waals surface area contributed by atoms with Crippen molar-refractivity contribution >= 4 is 9.84 Å². The third kappa shape index (κ3) is 4.54. The zero-order valence-electron chi connectivity index (χ0n) is 11.1. The van der Waals surface area contributed by atoms with Crippen molar-refractivity contribution in [1.29, 1.82) is 0 Å². The number of nitrogens with one attached hydrogen (secondary N) is 1. The van der Waals surface area contributed by atoms with E-state index in [1.54, 1.807) is 0 Å². The van der Waals surface area contributed by atoms with E-state index in [0.29, 0.717) is 6.54 Å². The van der Waals surface area contributed by atoms with Crippen LogP contribution in [0.15, 0.2) is 23.1 Å². The van der Waals surface area contributed by atoms with E-state index in [1.165, 1.54) is 0 Å². The Labute approximate surface area is 112 Å². The van der Waals surface area contributed by atoms with Gasteiger partial charge in [-0.15, -0.1) is 0 Å². The molecule has 19 heavy (non-hydrogen) atoms. The highest BCUT2D eigenvalue weighted by molar-refractivity contribution is 7.91. The maximum absolute atomic E-state index is 13.1. The first kappa shape index (κ1) is 16.0. The summed E-state index contributed by atoms with van der Waals surface area (Å²) >= 11 is 0. The highest BCUT2D eigenvalue weighted by Gasteiger charge is 2.21. The summed E-state index contributed by atoms with van der Waals surface area (Å²) in [6.07, 6.45) is 1.57. The van der Waals surface area contributed by atoms with Crippen molar-refractivity contribution in [2.75, 3.05) is 12.3 Å². The molecule has 1 rings (SSSR count). The van der Waals surface area contributed by atoms with Crippen LogP contribution in [0.4, 0.5) is 8.78 Å². The van der Waals surface area contributed by atoms with Crippen molar-refractivity contribution in [2.24, 2.45) is 0 Å². The van der Waals surface area contributed by atoms with Gasteiger partial charge in [-0.3, -0.25) is 0 Å². The monoisotopic (exact) mass is 291 g/mol. The van der Waals surface area contributed by atoms with Crippen molar-refractivity contribution in [3.05, 3.63) is 29.8 Å². The van der Waals surface area contributed by atoms with Crippen LogP contribution < -0.4 is 5.32 Å². The smallest absolute Gasteiger partial charge is 0.180 e. The minimum atomic E-state index is -3.61. The molecule has 0 radical (unpaired) electrons. The summed E-state index contributed by atoms with van der Waals surface area (Å²) in [5, 5.41) is 3.09. The minimum Gasteiger partial charge on any atom is -0.313 e. The van der Waals surface area contributed by atoms with Crippen LogP contribution in [0, 0.1) is 11.6 Å². The van der Waals surface area contributed by atoms with E-state index in [2.05, 4.69) is 5.32 Å². The van der Waals surface area contributed by atoms with Crippen molar-refractivity contribution in [3.8, 4) is 0 Å². The predicted octanol–water partition coefficient (Wildman–Crippen LogP) is 2.52. The van der Waals surface area contributed by atoms with Crippen molar-refractivity contribution in [3.63, 3.8) is 0 Å². The van der Waals surface area contributed by atoms with Crippen LogP contribution in [-0.4, -0.2) is 26.8 Å². The summed E-state index contributed by atoms with van der Waals surface area (Å²) in [6, 6.07) is 2.50. The highest BCUT2D eigenvalue weighted by Crippen LogP contribution is 2.17. The number of halogens is 2. The lowest BCUT2D eigenvalue weighted by molar-refractivity contribution is 0.501. The van der Waals surface area contributed by atoms with Crippen LogP contribution in [0.5, 0.6) is 0 Å². The summed E-state index contributed by atoms with van der Waals surface area (Å²) in [4.78, 5) is -0.176. The van der Waals surface area contributed by atoms with Gasteiger partial charge in [-0.25, -0.2) is 17.2 Å². The summed E-state index contributed by atoms with van der Waals surface area (Å²) in [6.45, 7) is 4.53. The Balaban J connectivity index is 2.92. The fourth-order valence-electron chi connectivity index (χ4n) is 1.91. The summed E-state index contributed by atoms with van der Waals surface area (Å²) < 4.78 is 50.2. The third-order valence-corrected chi connectivity index (χ3v) is 4.61. The first-order chi connectivity index (χ1) is 8.90. The first-order valence-corrected chi connectivity index (χ1v) is 7.97. The van der Waals surface area contributed by atoms with E-state index >= 15 is 0 Å². The number of sulfone groups is 1. The van der Waals surface area contributed by atoms with Crippen LogP contribution in [0.3, 0.4) is 0 Å². The van der Waals surface area contributed by atoms with E-state index in [4.69, 9.17) is 0 Å². The van der Waals surface area contributed by atoms with Crippen LogP contribution >= 0.6 is 0 Å². The third-order valence-electron chi connectivity index (χ3n) is 2.80. The molecule has 0 amide bonds. The molecule has 0 spiro atoms. The Hall–Kier alpha value is -1.01. The molecule has 1 aromatic carbocycles. The molecule has 1 atom stereocenters. The molecular weight excluding hydrogens is 272 g/mol. The Kier molecular flexibility index (Phi) is 5.87. The lowest BCUT2D eigenvalue weighted by Gasteiger charge is -2.17. The summed E-state index contributed by atoms with van der Waals surface area (Å²) in [5.41, 5.74) is 0. The second-order valence-electron chi connectivity index (χ2n) is 4.40. The average molecular weight is 291 g/mol. The van der Waals surface area contributed by atoms with E-state index in [-0.39, 0.29) is 16.7 Å². The van der Waals surface area contributed by atoms with Crippen molar-refractivity contribution in [2.45, 2.75) is 37.6 Å². The first-order valence-electron chi connectivity index (χ1n) is 6.32. The average Bonchev–Trinajstić information content (AvgIpc) is 2.32. The molecule has 1 aromatic rings. The van der Waals surface area contributed by atoms with Gasteiger partial charge in [-0.2, -0.15) is 0 Å². The molecule has 0 saturated heterocycles. The molecule has 108 valence electrons. The van der Waals surface area contributed by atoms with E-state index in [0.717, 1.165) is 31.0 Å².